The first-order valence-electron chi connectivity index (χ1n) is 8.40. The summed E-state index contributed by atoms with van der Waals surface area (Å²) in [5.74, 6) is -3.52. The van der Waals surface area contributed by atoms with Gasteiger partial charge in [-0.25, -0.2) is 4.79 Å². The molecule has 26 heavy (non-hydrogen) atoms. The summed E-state index contributed by atoms with van der Waals surface area (Å²) in [5, 5.41) is 0. The number of nitrogens with zero attached hydrogens (tertiary/aromatic N) is 2. The fourth-order valence-corrected chi connectivity index (χ4v) is 2.57. The zero-order valence-electron chi connectivity index (χ0n) is 16.0. The average Bonchev–Trinajstić information content (AvgIpc) is 2.67. The minimum Gasteiger partial charge on any atom is -0.383 e. The van der Waals surface area contributed by atoms with Crippen molar-refractivity contribution in [1.82, 2.24) is 9.55 Å². The first kappa shape index (κ1) is 20.7. The van der Waals surface area contributed by atoms with Crippen LogP contribution in [0.15, 0.2) is 17.1 Å². The Kier molecular flexibility index (Phi) is 5.47. The van der Waals surface area contributed by atoms with Gasteiger partial charge in [0.25, 0.3) is 0 Å². The highest BCUT2D eigenvalue weighted by molar-refractivity contribution is 5.23. The van der Waals surface area contributed by atoms with Crippen molar-refractivity contribution in [3.8, 4) is 0 Å². The number of halogens is 2. The Morgan fingerprint density at radius 1 is 1.27 bits per heavy atom. The van der Waals surface area contributed by atoms with Gasteiger partial charge in [0, 0.05) is 6.20 Å². The van der Waals surface area contributed by atoms with Gasteiger partial charge in [-0.2, -0.15) is 13.8 Å². The third-order valence-corrected chi connectivity index (χ3v) is 3.62. The second kappa shape index (κ2) is 6.86. The minimum atomic E-state index is -3.47. The van der Waals surface area contributed by atoms with Crippen molar-refractivity contribution in [3.05, 3.63) is 22.7 Å². The van der Waals surface area contributed by atoms with Crippen LogP contribution in [0.25, 0.3) is 0 Å². The molecule has 0 radical (unpaired) electrons. The molecule has 0 amide bonds. The summed E-state index contributed by atoms with van der Waals surface area (Å²) >= 11 is 0. The lowest BCUT2D eigenvalue weighted by Gasteiger charge is -2.31. The maximum absolute atomic E-state index is 15.1. The molecule has 148 valence electrons. The molecule has 1 aromatic heterocycles. The lowest BCUT2D eigenvalue weighted by atomic mass is 10.1. The van der Waals surface area contributed by atoms with Crippen molar-refractivity contribution in [3.63, 3.8) is 0 Å². The molecule has 0 bridgehead atoms. The van der Waals surface area contributed by atoms with Crippen molar-refractivity contribution in [2.24, 2.45) is 0 Å². The molecular weight excluding hydrogens is 348 g/mol. The van der Waals surface area contributed by atoms with Crippen LogP contribution in [0.4, 0.5) is 14.6 Å². The Morgan fingerprint density at radius 2 is 1.88 bits per heavy atom. The van der Waals surface area contributed by atoms with Crippen LogP contribution in [-0.4, -0.2) is 45.5 Å². The maximum atomic E-state index is 15.1. The molecule has 2 heterocycles. The maximum Gasteiger partial charge on any atom is 0.351 e. The molecule has 1 aliphatic heterocycles. The highest BCUT2D eigenvalue weighted by Gasteiger charge is 2.62. The van der Waals surface area contributed by atoms with Gasteiger partial charge in [-0.15, -0.1) is 0 Å². The van der Waals surface area contributed by atoms with E-state index in [1.54, 1.807) is 20.8 Å². The zero-order valence-corrected chi connectivity index (χ0v) is 16.0. The lowest BCUT2D eigenvalue weighted by molar-refractivity contribution is -0.186. The predicted octanol–water partition coefficient (Wildman–Crippen LogP) is 2.36. The van der Waals surface area contributed by atoms with E-state index < -0.39 is 41.3 Å². The smallest absolute Gasteiger partial charge is 0.351 e. The van der Waals surface area contributed by atoms with E-state index in [1.165, 1.54) is 6.07 Å². The third kappa shape index (κ3) is 4.77. The SMILES string of the molecule is CC(C)(C)OC[C@H]1O[C@@H](n2ccc(N)nc2=O)C(F)(F)[C@H]1OC(C)(C)C. The molecule has 1 saturated heterocycles. The minimum absolute atomic E-state index is 0.0531. The van der Waals surface area contributed by atoms with Crippen LogP contribution in [0.5, 0.6) is 0 Å². The number of alkyl halides is 2. The van der Waals surface area contributed by atoms with E-state index >= 15 is 8.78 Å². The molecular formula is C17H27F2N3O4. The Hall–Kier alpha value is -1.58. The summed E-state index contributed by atoms with van der Waals surface area (Å²) in [6, 6.07) is 1.26. The summed E-state index contributed by atoms with van der Waals surface area (Å²) in [5.41, 5.74) is 3.14. The van der Waals surface area contributed by atoms with Crippen molar-refractivity contribution in [1.29, 1.82) is 0 Å². The predicted molar refractivity (Wildman–Crippen MR) is 92.1 cm³/mol. The molecule has 9 heteroatoms. The number of hydrogen-bond donors (Lipinski definition) is 1. The lowest BCUT2D eigenvalue weighted by Crippen LogP contribution is -2.47. The third-order valence-electron chi connectivity index (χ3n) is 3.62. The number of nitrogens with two attached hydrogens (primary N) is 1. The van der Waals surface area contributed by atoms with Gasteiger partial charge in [-0.3, -0.25) is 4.57 Å². The highest BCUT2D eigenvalue weighted by atomic mass is 19.3. The van der Waals surface area contributed by atoms with Gasteiger partial charge in [-0.1, -0.05) is 0 Å². The van der Waals surface area contributed by atoms with E-state index in [1.807, 2.05) is 20.8 Å². The van der Waals surface area contributed by atoms with E-state index in [0.29, 0.717) is 0 Å². The molecule has 2 N–H and O–H groups in total. The fourth-order valence-electron chi connectivity index (χ4n) is 2.57. The largest absolute Gasteiger partial charge is 0.383 e. The second-order valence-electron chi connectivity index (χ2n) is 8.32. The first-order valence-corrected chi connectivity index (χ1v) is 8.40. The molecule has 0 aliphatic carbocycles. The molecule has 2 rings (SSSR count). The van der Waals surface area contributed by atoms with E-state index in [9.17, 15) is 4.79 Å². The number of nitrogen functional groups attached to an aromatic ring is 1. The van der Waals surface area contributed by atoms with Crippen molar-refractivity contribution >= 4 is 5.82 Å². The Labute approximate surface area is 151 Å². The fraction of sp³-hybridized carbons (Fsp3) is 0.765. The quantitative estimate of drug-likeness (QED) is 0.869. The van der Waals surface area contributed by atoms with Gasteiger partial charge in [0.1, 0.15) is 11.9 Å². The van der Waals surface area contributed by atoms with Crippen LogP contribution in [0.3, 0.4) is 0 Å². The van der Waals surface area contributed by atoms with E-state index in [0.717, 1.165) is 10.8 Å². The van der Waals surface area contributed by atoms with Crippen molar-refractivity contribution < 1.29 is 23.0 Å². The molecule has 7 nitrogen and oxygen atoms in total. The normalized spacial score (nSPS) is 26.2. The topological polar surface area (TPSA) is 88.6 Å². The van der Waals surface area contributed by atoms with E-state index in [4.69, 9.17) is 19.9 Å². The van der Waals surface area contributed by atoms with Crippen molar-refractivity contribution in [2.75, 3.05) is 12.3 Å². The van der Waals surface area contributed by atoms with Crippen LogP contribution in [0, 0.1) is 0 Å². The Morgan fingerprint density at radius 3 is 2.38 bits per heavy atom. The summed E-state index contributed by atoms with van der Waals surface area (Å²) < 4.78 is 47.7. The molecule has 0 spiro atoms. The van der Waals surface area contributed by atoms with E-state index in [-0.39, 0.29) is 12.4 Å². The Bertz CT molecular complexity index is 694. The first-order chi connectivity index (χ1) is 11.7. The van der Waals surface area contributed by atoms with E-state index in [2.05, 4.69) is 4.98 Å². The summed E-state index contributed by atoms with van der Waals surface area (Å²) in [6.45, 7) is 10.4. The summed E-state index contributed by atoms with van der Waals surface area (Å²) in [7, 11) is 0. The number of anilines is 1. The number of rotatable bonds is 4. The van der Waals surface area contributed by atoms with Crippen LogP contribution in [0.1, 0.15) is 47.8 Å². The van der Waals surface area contributed by atoms with Gasteiger partial charge in [0.2, 0.25) is 6.23 Å². The van der Waals surface area contributed by atoms with Gasteiger partial charge in [0.05, 0.1) is 17.8 Å². The van der Waals surface area contributed by atoms with Gasteiger partial charge >= 0.3 is 11.6 Å². The van der Waals surface area contributed by atoms with Crippen LogP contribution < -0.4 is 11.4 Å². The molecule has 0 aromatic carbocycles. The van der Waals surface area contributed by atoms with Crippen LogP contribution in [0.2, 0.25) is 0 Å². The van der Waals surface area contributed by atoms with Crippen molar-refractivity contribution in [2.45, 2.75) is 77.1 Å². The van der Waals surface area contributed by atoms with Gasteiger partial charge in [0.15, 0.2) is 6.10 Å². The van der Waals surface area contributed by atoms with Gasteiger partial charge < -0.3 is 19.9 Å². The Balaban J connectivity index is 2.37. The number of hydrogen-bond acceptors (Lipinski definition) is 6. The standard InChI is InChI=1S/C17H27F2N3O4/c1-15(2,3)24-9-10-12(26-16(4,5)6)17(18,19)13(25-10)22-8-7-11(20)21-14(22)23/h7-8,10,12-13H,9H2,1-6H3,(H2,20,21,23)/t10-,12+,13-/m1/s1. The highest BCUT2D eigenvalue weighted by Crippen LogP contribution is 2.45. The number of ether oxygens (including phenoxy) is 3. The molecule has 1 aliphatic rings. The zero-order chi connectivity index (χ0) is 19.9. The summed E-state index contributed by atoms with van der Waals surface area (Å²) in [4.78, 5) is 15.5. The van der Waals surface area contributed by atoms with Crippen LogP contribution >= 0.6 is 0 Å². The summed E-state index contributed by atoms with van der Waals surface area (Å²) in [6.07, 6.45) is -3.36. The molecule has 1 aromatic rings. The van der Waals surface area contributed by atoms with Gasteiger partial charge in [-0.05, 0) is 47.6 Å². The molecule has 1 fully saturated rings. The molecule has 3 atom stereocenters. The van der Waals surface area contributed by atoms with Crippen LogP contribution in [-0.2, 0) is 14.2 Å². The number of aromatic nitrogens is 2. The molecule has 0 unspecified atom stereocenters. The monoisotopic (exact) mass is 375 g/mol. The molecule has 0 saturated carbocycles. The average molecular weight is 375 g/mol. The second-order valence-corrected chi connectivity index (χ2v) is 8.32.